The fourth-order valence-electron chi connectivity index (χ4n) is 2.48. The van der Waals surface area contributed by atoms with Crippen molar-refractivity contribution in [2.45, 2.75) is 32.9 Å². The zero-order valence-corrected chi connectivity index (χ0v) is 11.7. The SMILES string of the molecule is COC(=O)C(O)c1cc2cccc(C)c2n1C(C)C. The van der Waals surface area contributed by atoms with Crippen molar-refractivity contribution in [2.24, 2.45) is 0 Å². The van der Waals surface area contributed by atoms with Crippen molar-refractivity contribution in [2.75, 3.05) is 7.11 Å². The molecule has 0 amide bonds. The summed E-state index contributed by atoms with van der Waals surface area (Å²) in [5.41, 5.74) is 2.75. The van der Waals surface area contributed by atoms with Crippen LogP contribution in [0, 0.1) is 6.92 Å². The molecule has 0 spiro atoms. The lowest BCUT2D eigenvalue weighted by molar-refractivity contribution is -0.151. The lowest BCUT2D eigenvalue weighted by Crippen LogP contribution is -2.18. The summed E-state index contributed by atoms with van der Waals surface area (Å²) in [6, 6.07) is 7.97. The fourth-order valence-corrected chi connectivity index (χ4v) is 2.48. The molecular weight excluding hydrogens is 242 g/mol. The van der Waals surface area contributed by atoms with Crippen LogP contribution < -0.4 is 0 Å². The number of aromatic nitrogens is 1. The Morgan fingerprint density at radius 3 is 2.63 bits per heavy atom. The van der Waals surface area contributed by atoms with Gasteiger partial charge in [-0.1, -0.05) is 18.2 Å². The van der Waals surface area contributed by atoms with Crippen LogP contribution in [0.4, 0.5) is 0 Å². The first-order chi connectivity index (χ1) is 8.97. The van der Waals surface area contributed by atoms with E-state index in [4.69, 9.17) is 0 Å². The summed E-state index contributed by atoms with van der Waals surface area (Å²) in [5, 5.41) is 11.1. The molecular formula is C15H19NO3. The molecule has 19 heavy (non-hydrogen) atoms. The highest BCUT2D eigenvalue weighted by molar-refractivity contribution is 5.87. The predicted molar refractivity (Wildman–Crippen MR) is 74.0 cm³/mol. The summed E-state index contributed by atoms with van der Waals surface area (Å²) in [7, 11) is 1.28. The van der Waals surface area contributed by atoms with Gasteiger partial charge < -0.3 is 14.4 Å². The second kappa shape index (κ2) is 5.05. The van der Waals surface area contributed by atoms with E-state index in [9.17, 15) is 9.90 Å². The van der Waals surface area contributed by atoms with Gasteiger partial charge in [0, 0.05) is 11.4 Å². The number of aryl methyl sites for hydroxylation is 1. The Morgan fingerprint density at radius 1 is 1.37 bits per heavy atom. The Hall–Kier alpha value is -1.81. The lowest BCUT2D eigenvalue weighted by atomic mass is 10.1. The van der Waals surface area contributed by atoms with Gasteiger partial charge in [-0.05, 0) is 32.4 Å². The number of nitrogens with zero attached hydrogens (tertiary/aromatic N) is 1. The Bertz CT molecular complexity index is 613. The highest BCUT2D eigenvalue weighted by Crippen LogP contribution is 2.30. The average Bonchev–Trinajstić information content (AvgIpc) is 2.77. The van der Waals surface area contributed by atoms with E-state index in [0.29, 0.717) is 5.69 Å². The number of methoxy groups -OCH3 is 1. The molecule has 2 rings (SSSR count). The standard InChI is InChI=1S/C15H19NO3/c1-9(2)16-12(14(17)15(18)19-4)8-11-7-5-6-10(3)13(11)16/h5-9,14,17H,1-4H3. The zero-order valence-electron chi connectivity index (χ0n) is 11.7. The molecule has 0 radical (unpaired) electrons. The Kier molecular flexibility index (Phi) is 3.62. The second-order valence-electron chi connectivity index (χ2n) is 4.97. The van der Waals surface area contributed by atoms with E-state index in [1.165, 1.54) is 7.11 Å². The van der Waals surface area contributed by atoms with Gasteiger partial charge in [0.25, 0.3) is 0 Å². The van der Waals surface area contributed by atoms with Crippen LogP contribution in [0.25, 0.3) is 10.9 Å². The molecule has 1 N–H and O–H groups in total. The molecule has 1 aromatic carbocycles. The summed E-state index contributed by atoms with van der Waals surface area (Å²) >= 11 is 0. The zero-order chi connectivity index (χ0) is 14.2. The molecule has 2 aromatic rings. The summed E-state index contributed by atoms with van der Waals surface area (Å²) in [6.07, 6.45) is -1.25. The molecule has 0 saturated carbocycles. The Morgan fingerprint density at radius 2 is 2.05 bits per heavy atom. The number of carbonyl (C=O) groups excluding carboxylic acids is 1. The van der Waals surface area contributed by atoms with Crippen LogP contribution in [0.15, 0.2) is 24.3 Å². The van der Waals surface area contributed by atoms with E-state index in [-0.39, 0.29) is 6.04 Å². The third kappa shape index (κ3) is 2.24. The Balaban J connectivity index is 2.71. The minimum Gasteiger partial charge on any atom is -0.467 e. The fraction of sp³-hybridized carbons (Fsp3) is 0.400. The van der Waals surface area contributed by atoms with Crippen LogP contribution in [-0.2, 0) is 9.53 Å². The molecule has 1 heterocycles. The number of aliphatic hydroxyl groups excluding tert-OH is 1. The Labute approximate surface area is 112 Å². The van der Waals surface area contributed by atoms with Crippen LogP contribution in [-0.4, -0.2) is 22.8 Å². The van der Waals surface area contributed by atoms with Crippen molar-refractivity contribution in [1.29, 1.82) is 0 Å². The maximum atomic E-state index is 11.6. The van der Waals surface area contributed by atoms with Gasteiger partial charge in [0.15, 0.2) is 6.10 Å². The van der Waals surface area contributed by atoms with Crippen molar-refractivity contribution < 1.29 is 14.6 Å². The van der Waals surface area contributed by atoms with Crippen LogP contribution in [0.3, 0.4) is 0 Å². The predicted octanol–water partition coefficient (Wildman–Crippen LogP) is 2.74. The van der Waals surface area contributed by atoms with Crippen molar-refractivity contribution in [3.8, 4) is 0 Å². The topological polar surface area (TPSA) is 51.5 Å². The molecule has 0 aliphatic rings. The van der Waals surface area contributed by atoms with Crippen LogP contribution in [0.2, 0.25) is 0 Å². The van der Waals surface area contributed by atoms with Gasteiger partial charge in [0.2, 0.25) is 0 Å². The van der Waals surface area contributed by atoms with Crippen LogP contribution in [0.5, 0.6) is 0 Å². The molecule has 0 bridgehead atoms. The van der Waals surface area contributed by atoms with Gasteiger partial charge in [0.05, 0.1) is 18.3 Å². The molecule has 1 atom stereocenters. The molecule has 102 valence electrons. The minimum atomic E-state index is -1.25. The summed E-state index contributed by atoms with van der Waals surface area (Å²) < 4.78 is 6.62. The first kappa shape index (κ1) is 13.6. The highest BCUT2D eigenvalue weighted by atomic mass is 16.5. The molecule has 0 aliphatic carbocycles. The van der Waals surface area contributed by atoms with E-state index < -0.39 is 12.1 Å². The van der Waals surface area contributed by atoms with Gasteiger partial charge in [0.1, 0.15) is 0 Å². The third-order valence-corrected chi connectivity index (χ3v) is 3.31. The number of hydrogen-bond donors (Lipinski definition) is 1. The third-order valence-electron chi connectivity index (χ3n) is 3.31. The van der Waals surface area contributed by atoms with Gasteiger partial charge >= 0.3 is 5.97 Å². The minimum absolute atomic E-state index is 0.146. The normalized spacial score (nSPS) is 12.9. The monoisotopic (exact) mass is 261 g/mol. The maximum Gasteiger partial charge on any atom is 0.340 e. The van der Waals surface area contributed by atoms with Gasteiger partial charge in [-0.25, -0.2) is 4.79 Å². The first-order valence-electron chi connectivity index (χ1n) is 6.33. The summed E-state index contributed by atoms with van der Waals surface area (Å²) in [6.45, 7) is 6.08. The quantitative estimate of drug-likeness (QED) is 0.864. The van der Waals surface area contributed by atoms with Crippen molar-refractivity contribution >= 4 is 16.9 Å². The number of esters is 1. The number of rotatable bonds is 3. The number of fused-ring (bicyclic) bond motifs is 1. The van der Waals surface area contributed by atoms with Crippen molar-refractivity contribution in [3.63, 3.8) is 0 Å². The molecule has 1 unspecified atom stereocenters. The number of carbonyl (C=O) groups is 1. The number of para-hydroxylation sites is 1. The van der Waals surface area contributed by atoms with E-state index in [1.807, 2.05) is 49.6 Å². The molecule has 4 heteroatoms. The van der Waals surface area contributed by atoms with E-state index in [0.717, 1.165) is 16.5 Å². The van der Waals surface area contributed by atoms with Gasteiger partial charge in [-0.3, -0.25) is 0 Å². The highest BCUT2D eigenvalue weighted by Gasteiger charge is 2.24. The average molecular weight is 261 g/mol. The largest absolute Gasteiger partial charge is 0.467 e. The number of ether oxygens (including phenoxy) is 1. The van der Waals surface area contributed by atoms with E-state index >= 15 is 0 Å². The van der Waals surface area contributed by atoms with Gasteiger partial charge in [-0.15, -0.1) is 0 Å². The smallest absolute Gasteiger partial charge is 0.340 e. The van der Waals surface area contributed by atoms with Crippen LogP contribution in [0.1, 0.15) is 37.3 Å². The number of hydrogen-bond acceptors (Lipinski definition) is 3. The number of aliphatic hydroxyl groups is 1. The van der Waals surface area contributed by atoms with Crippen LogP contribution >= 0.6 is 0 Å². The molecule has 4 nitrogen and oxygen atoms in total. The summed E-state index contributed by atoms with van der Waals surface area (Å²) in [4.78, 5) is 11.6. The first-order valence-corrected chi connectivity index (χ1v) is 6.33. The lowest BCUT2D eigenvalue weighted by Gasteiger charge is -2.18. The van der Waals surface area contributed by atoms with E-state index in [2.05, 4.69) is 4.74 Å². The van der Waals surface area contributed by atoms with Crippen molar-refractivity contribution in [3.05, 3.63) is 35.5 Å². The maximum absolute atomic E-state index is 11.6. The van der Waals surface area contributed by atoms with Gasteiger partial charge in [-0.2, -0.15) is 0 Å². The molecule has 0 fully saturated rings. The molecule has 0 aliphatic heterocycles. The van der Waals surface area contributed by atoms with E-state index in [1.54, 1.807) is 0 Å². The molecule has 0 saturated heterocycles. The summed E-state index contributed by atoms with van der Waals surface area (Å²) in [5.74, 6) is -0.637. The van der Waals surface area contributed by atoms with Crippen molar-refractivity contribution in [1.82, 2.24) is 4.57 Å². The molecule has 1 aromatic heterocycles. The number of benzene rings is 1. The second-order valence-corrected chi connectivity index (χ2v) is 4.97.